The first kappa shape index (κ1) is 12.6. The Morgan fingerprint density at radius 1 is 1.56 bits per heavy atom. The van der Waals surface area contributed by atoms with Gasteiger partial charge in [-0.05, 0) is 6.54 Å². The Morgan fingerprint density at radius 3 is 2.69 bits per heavy atom. The Hall–Kier alpha value is -1.43. The molecule has 0 aliphatic rings. The van der Waals surface area contributed by atoms with Crippen LogP contribution < -0.4 is 0 Å². The van der Waals surface area contributed by atoms with Gasteiger partial charge in [0.25, 0.3) is 0 Å². The minimum atomic E-state index is -0.792. The van der Waals surface area contributed by atoms with Crippen molar-refractivity contribution in [2.75, 3.05) is 13.1 Å². The summed E-state index contributed by atoms with van der Waals surface area (Å²) in [6.45, 7) is 7.11. The second-order valence-electron chi connectivity index (χ2n) is 3.78. The van der Waals surface area contributed by atoms with Gasteiger partial charge in [-0.3, -0.25) is 9.69 Å². The van der Waals surface area contributed by atoms with Gasteiger partial charge >= 0.3 is 5.97 Å². The fourth-order valence-electron chi connectivity index (χ4n) is 1.36. The van der Waals surface area contributed by atoms with Crippen molar-refractivity contribution in [2.24, 2.45) is 5.92 Å². The maximum absolute atomic E-state index is 10.7. The number of rotatable bonds is 6. The maximum Gasteiger partial charge on any atom is 0.307 e. The second-order valence-corrected chi connectivity index (χ2v) is 3.78. The van der Waals surface area contributed by atoms with E-state index in [1.165, 1.54) is 0 Å². The Bertz CT molecular complexity index is 351. The fraction of sp³-hybridized carbons (Fsp3) is 0.700. The number of aryl methyl sites for hydroxylation is 1. The molecule has 0 amide bonds. The molecule has 6 nitrogen and oxygen atoms in total. The number of carbonyl (C=O) groups is 1. The summed E-state index contributed by atoms with van der Waals surface area (Å²) in [5.41, 5.74) is 0. The van der Waals surface area contributed by atoms with Gasteiger partial charge in [0.05, 0.1) is 12.5 Å². The van der Waals surface area contributed by atoms with Crippen LogP contribution in [0.5, 0.6) is 0 Å². The van der Waals surface area contributed by atoms with E-state index < -0.39 is 11.9 Å². The third-order valence-corrected chi connectivity index (χ3v) is 2.33. The lowest BCUT2D eigenvalue weighted by atomic mass is 10.2. The van der Waals surface area contributed by atoms with E-state index in [0.29, 0.717) is 24.9 Å². The molecular formula is C10H17N3O3. The molecule has 1 heterocycles. The predicted octanol–water partition coefficient (Wildman–Crippen LogP) is 0.921. The predicted molar refractivity (Wildman–Crippen MR) is 56.8 cm³/mol. The van der Waals surface area contributed by atoms with Gasteiger partial charge in [0.15, 0.2) is 0 Å². The van der Waals surface area contributed by atoms with Crippen molar-refractivity contribution in [1.29, 1.82) is 0 Å². The van der Waals surface area contributed by atoms with E-state index in [4.69, 9.17) is 9.52 Å². The van der Waals surface area contributed by atoms with E-state index >= 15 is 0 Å². The minimum absolute atomic E-state index is 0.399. The van der Waals surface area contributed by atoms with Crippen LogP contribution in [0.3, 0.4) is 0 Å². The molecule has 0 aliphatic carbocycles. The van der Waals surface area contributed by atoms with Gasteiger partial charge in [-0.1, -0.05) is 13.8 Å². The van der Waals surface area contributed by atoms with Gasteiger partial charge in [-0.25, -0.2) is 0 Å². The van der Waals surface area contributed by atoms with Crippen LogP contribution in [0.15, 0.2) is 4.42 Å². The quantitative estimate of drug-likeness (QED) is 0.778. The molecule has 0 aromatic carbocycles. The smallest absolute Gasteiger partial charge is 0.307 e. The highest BCUT2D eigenvalue weighted by Crippen LogP contribution is 2.06. The summed E-state index contributed by atoms with van der Waals surface area (Å²) in [7, 11) is 0. The summed E-state index contributed by atoms with van der Waals surface area (Å²) in [5, 5.41) is 16.4. The molecule has 6 heteroatoms. The number of hydrogen-bond acceptors (Lipinski definition) is 5. The van der Waals surface area contributed by atoms with Crippen LogP contribution in [0.25, 0.3) is 0 Å². The van der Waals surface area contributed by atoms with E-state index in [2.05, 4.69) is 10.2 Å². The molecule has 0 saturated carbocycles. The largest absolute Gasteiger partial charge is 0.481 e. The lowest BCUT2D eigenvalue weighted by Crippen LogP contribution is -2.31. The molecule has 1 atom stereocenters. The van der Waals surface area contributed by atoms with Crippen molar-refractivity contribution in [2.45, 2.75) is 27.3 Å². The van der Waals surface area contributed by atoms with E-state index in [0.717, 1.165) is 6.54 Å². The van der Waals surface area contributed by atoms with Crippen molar-refractivity contribution in [1.82, 2.24) is 15.1 Å². The number of carboxylic acid groups (broad SMARTS) is 1. The molecule has 1 aromatic heterocycles. The summed E-state index contributed by atoms with van der Waals surface area (Å²) in [5.74, 6) is -0.140. The average molecular weight is 227 g/mol. The summed E-state index contributed by atoms with van der Waals surface area (Å²) in [6, 6.07) is 0. The summed E-state index contributed by atoms with van der Waals surface area (Å²) in [4.78, 5) is 12.7. The molecule has 0 radical (unpaired) electrons. The van der Waals surface area contributed by atoms with Crippen molar-refractivity contribution in [3.8, 4) is 0 Å². The van der Waals surface area contributed by atoms with Crippen LogP contribution in [-0.4, -0.2) is 39.3 Å². The number of hydrogen-bond donors (Lipinski definition) is 1. The first-order valence-corrected chi connectivity index (χ1v) is 5.27. The average Bonchev–Trinajstić information content (AvgIpc) is 2.62. The van der Waals surface area contributed by atoms with E-state index in [1.807, 2.05) is 11.8 Å². The molecule has 1 N–H and O–H groups in total. The SMILES string of the molecule is CCN(Cc1nnc(C)o1)CC(C)C(=O)O. The molecule has 0 bridgehead atoms. The van der Waals surface area contributed by atoms with Gasteiger partial charge in [0.1, 0.15) is 0 Å². The van der Waals surface area contributed by atoms with Crippen molar-refractivity contribution >= 4 is 5.97 Å². The third-order valence-electron chi connectivity index (χ3n) is 2.33. The number of aliphatic carboxylic acids is 1. The van der Waals surface area contributed by atoms with Crippen LogP contribution in [0.4, 0.5) is 0 Å². The minimum Gasteiger partial charge on any atom is -0.481 e. The lowest BCUT2D eigenvalue weighted by Gasteiger charge is -2.20. The summed E-state index contributed by atoms with van der Waals surface area (Å²) < 4.78 is 5.25. The standard InChI is InChI=1S/C10H17N3O3/c1-4-13(5-7(2)10(14)15)6-9-12-11-8(3)16-9/h7H,4-6H2,1-3H3,(H,14,15). The number of aromatic nitrogens is 2. The van der Waals surface area contributed by atoms with Crippen molar-refractivity contribution in [3.63, 3.8) is 0 Å². The molecule has 1 aromatic rings. The van der Waals surface area contributed by atoms with Gasteiger partial charge in [-0.15, -0.1) is 10.2 Å². The monoisotopic (exact) mass is 227 g/mol. The maximum atomic E-state index is 10.7. The zero-order valence-corrected chi connectivity index (χ0v) is 9.80. The van der Waals surface area contributed by atoms with Gasteiger partial charge < -0.3 is 9.52 Å². The zero-order chi connectivity index (χ0) is 12.1. The molecule has 0 spiro atoms. The third kappa shape index (κ3) is 3.62. The summed E-state index contributed by atoms with van der Waals surface area (Å²) in [6.07, 6.45) is 0. The summed E-state index contributed by atoms with van der Waals surface area (Å²) >= 11 is 0. The Balaban J connectivity index is 2.52. The number of nitrogens with zero attached hydrogens (tertiary/aromatic N) is 3. The van der Waals surface area contributed by atoms with Crippen molar-refractivity contribution in [3.05, 3.63) is 11.8 Å². The van der Waals surface area contributed by atoms with Crippen LogP contribution in [-0.2, 0) is 11.3 Å². The molecular weight excluding hydrogens is 210 g/mol. The topological polar surface area (TPSA) is 79.5 Å². The second kappa shape index (κ2) is 5.60. The Labute approximate surface area is 94.3 Å². The van der Waals surface area contributed by atoms with Gasteiger partial charge in [0.2, 0.25) is 11.8 Å². The van der Waals surface area contributed by atoms with Crippen LogP contribution >= 0.6 is 0 Å². The van der Waals surface area contributed by atoms with Gasteiger partial charge in [0, 0.05) is 13.5 Å². The molecule has 0 aliphatic heterocycles. The molecule has 1 rings (SSSR count). The zero-order valence-electron chi connectivity index (χ0n) is 9.80. The Morgan fingerprint density at radius 2 is 2.25 bits per heavy atom. The molecule has 0 saturated heterocycles. The van der Waals surface area contributed by atoms with Crippen LogP contribution in [0.2, 0.25) is 0 Å². The molecule has 1 unspecified atom stereocenters. The van der Waals surface area contributed by atoms with Crippen molar-refractivity contribution < 1.29 is 14.3 Å². The highest BCUT2D eigenvalue weighted by molar-refractivity contribution is 5.69. The van der Waals surface area contributed by atoms with E-state index in [1.54, 1.807) is 13.8 Å². The highest BCUT2D eigenvalue weighted by Gasteiger charge is 2.16. The number of carboxylic acids is 1. The first-order valence-electron chi connectivity index (χ1n) is 5.27. The fourth-order valence-corrected chi connectivity index (χ4v) is 1.36. The van der Waals surface area contributed by atoms with Crippen LogP contribution in [0, 0.1) is 12.8 Å². The van der Waals surface area contributed by atoms with E-state index in [9.17, 15) is 4.79 Å². The van der Waals surface area contributed by atoms with Gasteiger partial charge in [-0.2, -0.15) is 0 Å². The Kier molecular flexibility index (Phi) is 4.42. The first-order chi connectivity index (χ1) is 7.52. The molecule has 90 valence electrons. The normalized spacial score (nSPS) is 13.0. The van der Waals surface area contributed by atoms with Crippen LogP contribution in [0.1, 0.15) is 25.6 Å². The van der Waals surface area contributed by atoms with E-state index in [-0.39, 0.29) is 0 Å². The highest BCUT2D eigenvalue weighted by atomic mass is 16.4. The molecule has 0 fully saturated rings. The lowest BCUT2D eigenvalue weighted by molar-refractivity contribution is -0.141. The molecule has 16 heavy (non-hydrogen) atoms.